The molecule has 0 aliphatic carbocycles. The maximum absolute atomic E-state index is 14.4. The monoisotopic (exact) mass is 434 g/mol. The van der Waals surface area contributed by atoms with Gasteiger partial charge in [-0.1, -0.05) is 19.9 Å². The van der Waals surface area contributed by atoms with Gasteiger partial charge in [0.15, 0.2) is 0 Å². The molecule has 0 radical (unpaired) electrons. The predicted octanol–water partition coefficient (Wildman–Crippen LogP) is 3.93. The van der Waals surface area contributed by atoms with E-state index in [9.17, 15) is 27.2 Å². The third-order valence-corrected chi connectivity index (χ3v) is 4.37. The summed E-state index contributed by atoms with van der Waals surface area (Å²) in [7, 11) is 0. The Morgan fingerprint density at radius 1 is 1.16 bits per heavy atom. The Morgan fingerprint density at radius 2 is 1.90 bits per heavy atom. The van der Waals surface area contributed by atoms with Gasteiger partial charge in [-0.25, -0.2) is 9.37 Å². The molecule has 3 aromatic rings. The van der Waals surface area contributed by atoms with Crippen molar-refractivity contribution in [3.05, 3.63) is 70.0 Å². The van der Waals surface area contributed by atoms with Crippen LogP contribution < -0.4 is 10.9 Å². The van der Waals surface area contributed by atoms with Gasteiger partial charge < -0.3 is 10.3 Å². The van der Waals surface area contributed by atoms with Gasteiger partial charge in [0.05, 0.1) is 11.3 Å². The topological polar surface area (TPSA) is 87.7 Å². The number of benzene rings is 1. The lowest BCUT2D eigenvalue weighted by atomic mass is 10.1. The van der Waals surface area contributed by atoms with Gasteiger partial charge in [0.2, 0.25) is 5.91 Å². The van der Waals surface area contributed by atoms with Crippen LogP contribution in [-0.2, 0) is 17.5 Å². The fraction of sp³-hybridized carbons (Fsp3) is 0.238. The molecule has 162 valence electrons. The van der Waals surface area contributed by atoms with Crippen molar-refractivity contribution in [1.82, 2.24) is 20.3 Å². The second kappa shape index (κ2) is 8.66. The van der Waals surface area contributed by atoms with E-state index < -0.39 is 23.2 Å². The van der Waals surface area contributed by atoms with Crippen molar-refractivity contribution in [2.24, 2.45) is 5.92 Å². The van der Waals surface area contributed by atoms with Crippen molar-refractivity contribution in [3.63, 3.8) is 0 Å². The molecule has 1 amide bonds. The van der Waals surface area contributed by atoms with Crippen molar-refractivity contribution >= 4 is 5.91 Å². The molecule has 0 spiro atoms. The Bertz CT molecular complexity index is 1160. The summed E-state index contributed by atoms with van der Waals surface area (Å²) < 4.78 is 52.6. The molecule has 0 saturated carbocycles. The number of pyridine rings is 1. The van der Waals surface area contributed by atoms with Crippen LogP contribution in [0, 0.1) is 11.7 Å². The maximum Gasteiger partial charge on any atom is 0.433 e. The Morgan fingerprint density at radius 3 is 2.52 bits per heavy atom. The first-order chi connectivity index (χ1) is 14.5. The van der Waals surface area contributed by atoms with Crippen LogP contribution in [0.25, 0.3) is 22.6 Å². The van der Waals surface area contributed by atoms with Crippen molar-refractivity contribution in [3.8, 4) is 22.6 Å². The van der Waals surface area contributed by atoms with Crippen LogP contribution in [0.1, 0.15) is 25.1 Å². The van der Waals surface area contributed by atoms with E-state index in [1.807, 2.05) is 0 Å². The summed E-state index contributed by atoms with van der Waals surface area (Å²) in [5.74, 6) is -1.15. The molecule has 2 heterocycles. The normalized spacial score (nSPS) is 11.6. The van der Waals surface area contributed by atoms with E-state index in [1.165, 1.54) is 18.2 Å². The average Bonchev–Trinajstić information content (AvgIpc) is 2.71. The number of aromatic amines is 1. The molecule has 10 heteroatoms. The summed E-state index contributed by atoms with van der Waals surface area (Å²) in [6.45, 7) is 3.63. The Balaban J connectivity index is 1.95. The van der Waals surface area contributed by atoms with Gasteiger partial charge >= 0.3 is 6.18 Å². The van der Waals surface area contributed by atoms with Crippen molar-refractivity contribution in [2.45, 2.75) is 26.6 Å². The molecule has 31 heavy (non-hydrogen) atoms. The molecule has 6 nitrogen and oxygen atoms in total. The Hall–Kier alpha value is -3.56. The number of hydrogen-bond acceptors (Lipinski definition) is 4. The number of nitrogens with zero attached hydrogens (tertiary/aromatic N) is 2. The average molecular weight is 434 g/mol. The van der Waals surface area contributed by atoms with Gasteiger partial charge in [-0.3, -0.25) is 14.6 Å². The van der Waals surface area contributed by atoms with E-state index in [4.69, 9.17) is 0 Å². The van der Waals surface area contributed by atoms with E-state index in [-0.39, 0.29) is 41.0 Å². The lowest BCUT2D eigenvalue weighted by molar-refractivity contribution is -0.141. The molecular formula is C21H18F4N4O2. The molecule has 0 aliphatic rings. The SMILES string of the molecule is CC(C)C(=O)NCc1ccc(F)c(-c2nc(-c3ccc(C(F)(F)F)nc3)cc(=O)[nH]2)c1. The zero-order valence-electron chi connectivity index (χ0n) is 16.5. The summed E-state index contributed by atoms with van der Waals surface area (Å²) in [4.78, 5) is 33.8. The number of aromatic nitrogens is 3. The number of rotatable bonds is 5. The first-order valence-corrected chi connectivity index (χ1v) is 9.26. The maximum atomic E-state index is 14.4. The van der Waals surface area contributed by atoms with Crippen LogP contribution in [0.5, 0.6) is 0 Å². The highest BCUT2D eigenvalue weighted by atomic mass is 19.4. The van der Waals surface area contributed by atoms with Gasteiger partial charge in [0, 0.05) is 30.3 Å². The zero-order valence-corrected chi connectivity index (χ0v) is 16.5. The van der Waals surface area contributed by atoms with Crippen molar-refractivity contribution in [1.29, 1.82) is 0 Å². The van der Waals surface area contributed by atoms with E-state index in [1.54, 1.807) is 13.8 Å². The fourth-order valence-electron chi connectivity index (χ4n) is 2.70. The number of carbonyl (C=O) groups excluding carboxylic acids is 1. The summed E-state index contributed by atoms with van der Waals surface area (Å²) in [6, 6.07) is 7.09. The quantitative estimate of drug-likeness (QED) is 0.596. The summed E-state index contributed by atoms with van der Waals surface area (Å²) in [6.07, 6.45) is -3.65. The number of H-pyrrole nitrogens is 1. The van der Waals surface area contributed by atoms with Gasteiger partial charge in [0.1, 0.15) is 17.3 Å². The molecule has 0 unspecified atom stereocenters. The van der Waals surface area contributed by atoms with Gasteiger partial charge in [0.25, 0.3) is 5.56 Å². The van der Waals surface area contributed by atoms with Gasteiger partial charge in [-0.2, -0.15) is 13.2 Å². The lowest BCUT2D eigenvalue weighted by Crippen LogP contribution is -2.27. The minimum absolute atomic E-state index is 0.0184. The van der Waals surface area contributed by atoms with Crippen LogP contribution in [0.4, 0.5) is 17.6 Å². The number of amides is 1. The second-order valence-corrected chi connectivity index (χ2v) is 7.10. The summed E-state index contributed by atoms with van der Waals surface area (Å²) >= 11 is 0. The van der Waals surface area contributed by atoms with E-state index in [0.717, 1.165) is 24.4 Å². The number of halogens is 4. The second-order valence-electron chi connectivity index (χ2n) is 7.10. The van der Waals surface area contributed by atoms with Gasteiger partial charge in [-0.05, 0) is 29.8 Å². The number of carbonyl (C=O) groups is 1. The van der Waals surface area contributed by atoms with Crippen LogP contribution in [-0.4, -0.2) is 20.9 Å². The molecule has 0 fully saturated rings. The molecule has 0 saturated heterocycles. The third kappa shape index (κ3) is 5.33. The number of hydrogen-bond donors (Lipinski definition) is 2. The number of alkyl halides is 3. The summed E-state index contributed by atoms with van der Waals surface area (Å²) in [5.41, 5.74) is -0.926. The molecule has 2 aromatic heterocycles. The molecule has 2 N–H and O–H groups in total. The number of nitrogens with one attached hydrogen (secondary N) is 2. The highest BCUT2D eigenvalue weighted by molar-refractivity contribution is 5.77. The highest BCUT2D eigenvalue weighted by Gasteiger charge is 2.32. The van der Waals surface area contributed by atoms with Crippen LogP contribution in [0.2, 0.25) is 0 Å². The molecule has 0 bridgehead atoms. The lowest BCUT2D eigenvalue weighted by Gasteiger charge is -2.11. The van der Waals surface area contributed by atoms with E-state index >= 15 is 0 Å². The first-order valence-electron chi connectivity index (χ1n) is 9.26. The summed E-state index contributed by atoms with van der Waals surface area (Å²) in [5, 5.41) is 2.71. The third-order valence-electron chi connectivity index (χ3n) is 4.37. The first kappa shape index (κ1) is 22.1. The van der Waals surface area contributed by atoms with Crippen LogP contribution >= 0.6 is 0 Å². The smallest absolute Gasteiger partial charge is 0.352 e. The predicted molar refractivity (Wildman–Crippen MR) is 105 cm³/mol. The van der Waals surface area contributed by atoms with Crippen molar-refractivity contribution < 1.29 is 22.4 Å². The highest BCUT2D eigenvalue weighted by Crippen LogP contribution is 2.29. The van der Waals surface area contributed by atoms with E-state index in [2.05, 4.69) is 20.3 Å². The zero-order chi connectivity index (χ0) is 22.8. The fourth-order valence-corrected chi connectivity index (χ4v) is 2.70. The molecular weight excluding hydrogens is 416 g/mol. The van der Waals surface area contributed by atoms with Crippen LogP contribution in [0.3, 0.4) is 0 Å². The van der Waals surface area contributed by atoms with Crippen LogP contribution in [0.15, 0.2) is 47.4 Å². The largest absolute Gasteiger partial charge is 0.433 e. The Labute approximate surface area is 174 Å². The van der Waals surface area contributed by atoms with Crippen molar-refractivity contribution in [2.75, 3.05) is 0 Å². The molecule has 3 rings (SSSR count). The molecule has 0 atom stereocenters. The minimum Gasteiger partial charge on any atom is -0.352 e. The van der Waals surface area contributed by atoms with E-state index in [0.29, 0.717) is 5.56 Å². The Kier molecular flexibility index (Phi) is 6.19. The molecule has 1 aromatic carbocycles. The minimum atomic E-state index is -4.60. The van der Waals surface area contributed by atoms with Gasteiger partial charge in [-0.15, -0.1) is 0 Å². The molecule has 0 aliphatic heterocycles. The standard InChI is InChI=1S/C21H18F4N4O2/c1-11(2)20(31)27-9-12-3-5-15(22)14(7-12)19-28-16(8-18(30)29-19)13-4-6-17(26-10-13)21(23,24)25/h3-8,10-11H,9H2,1-2H3,(H,27,31)(H,28,29,30).